The van der Waals surface area contributed by atoms with Crippen molar-refractivity contribution < 1.29 is 145 Å². The summed E-state index contributed by atoms with van der Waals surface area (Å²) in [6.45, 7) is 24.2. The number of aliphatic hydroxyl groups excluding tert-OH is 3. The van der Waals surface area contributed by atoms with E-state index in [0.29, 0.717) is 169 Å². The van der Waals surface area contributed by atoms with Gasteiger partial charge in [-0.2, -0.15) is 0 Å². The highest BCUT2D eigenvalue weighted by Crippen LogP contribution is 2.32. The lowest BCUT2D eigenvalue weighted by Gasteiger charge is -2.38. The van der Waals surface area contributed by atoms with Crippen LogP contribution < -0.4 is 42.0 Å². The van der Waals surface area contributed by atoms with E-state index in [4.69, 9.17) is 75.9 Å². The van der Waals surface area contributed by atoms with Gasteiger partial charge in [-0.1, -0.05) is 71.0 Å². The maximum Gasteiger partial charge on any atom is 0.411 e. The van der Waals surface area contributed by atoms with Crippen LogP contribution in [0.4, 0.5) is 10.5 Å². The summed E-state index contributed by atoms with van der Waals surface area (Å²) in [6, 6.07) is 7.16. The van der Waals surface area contributed by atoms with Gasteiger partial charge in [0.1, 0.15) is 49.4 Å². The van der Waals surface area contributed by atoms with Crippen molar-refractivity contribution in [3.63, 3.8) is 0 Å². The number of oxime groups is 1. The predicted molar refractivity (Wildman–Crippen MR) is 440 cm³/mol. The first-order valence-corrected chi connectivity index (χ1v) is 40.9. The molecule has 0 aliphatic carbocycles. The number of carbonyl (C=O) groups is 9. The van der Waals surface area contributed by atoms with Crippen molar-refractivity contribution in [3.8, 4) is 5.75 Å². The van der Waals surface area contributed by atoms with Crippen LogP contribution in [-0.4, -0.2) is 337 Å². The second-order valence-electron chi connectivity index (χ2n) is 29.5. The molecule has 3 rings (SSSR count). The number of carboxylic acid groups (broad SMARTS) is 2. The van der Waals surface area contributed by atoms with Crippen LogP contribution in [0, 0.1) is 11.8 Å². The van der Waals surface area contributed by atoms with E-state index in [2.05, 4.69) is 42.4 Å². The molecule has 0 saturated carbocycles. The molecule has 0 spiro atoms. The molecule has 0 bridgehead atoms. The molecule has 1 fully saturated rings. The molecule has 39 heteroatoms. The summed E-state index contributed by atoms with van der Waals surface area (Å²) in [6.07, 6.45) is -7.99. The van der Waals surface area contributed by atoms with Crippen LogP contribution in [0.15, 0.2) is 59.3 Å². The molecule has 7 amide bonds. The van der Waals surface area contributed by atoms with Crippen molar-refractivity contribution in [2.45, 2.75) is 174 Å². The third kappa shape index (κ3) is 45.1. The Morgan fingerprint density at radius 2 is 1.11 bits per heavy atom. The molecule has 1 heterocycles. The first kappa shape index (κ1) is 107. The topological polar surface area (TPSA) is 502 Å². The molecule has 0 radical (unpaired) electrons. The van der Waals surface area contributed by atoms with Gasteiger partial charge in [-0.05, 0) is 94.3 Å². The minimum atomic E-state index is -2.03. The maximum absolute atomic E-state index is 14.2. The molecule has 121 heavy (non-hydrogen) atoms. The normalized spacial score (nSPS) is 16.4. The van der Waals surface area contributed by atoms with Crippen LogP contribution in [0.2, 0.25) is 0 Å². The number of nitrogens with zero attached hydrogens (tertiary/aromatic N) is 2. The van der Waals surface area contributed by atoms with Crippen molar-refractivity contribution in [3.05, 3.63) is 70.8 Å². The molecule has 688 valence electrons. The number of methoxy groups -OCH3 is 1. The molecule has 0 aromatic heterocycles. The van der Waals surface area contributed by atoms with Gasteiger partial charge in [0, 0.05) is 75.3 Å². The number of rotatable bonds is 69. The quantitative estimate of drug-likeness (QED) is 0.0195. The fourth-order valence-electron chi connectivity index (χ4n) is 11.6. The zero-order valence-electron chi connectivity index (χ0n) is 72.3. The third-order valence-electron chi connectivity index (χ3n) is 18.4. The van der Waals surface area contributed by atoms with Gasteiger partial charge in [-0.3, -0.25) is 34.1 Å². The highest BCUT2D eigenvalue weighted by Gasteiger charge is 2.48. The molecule has 9 atom stereocenters. The van der Waals surface area contributed by atoms with E-state index in [0.717, 1.165) is 5.71 Å². The van der Waals surface area contributed by atoms with Crippen molar-refractivity contribution >= 4 is 64.9 Å². The van der Waals surface area contributed by atoms with Gasteiger partial charge in [-0.15, -0.1) is 0 Å². The number of amides is 7. The molecule has 1 aliphatic rings. The van der Waals surface area contributed by atoms with Crippen molar-refractivity contribution in [2.24, 2.45) is 17.0 Å². The SMILES string of the molecule is CN[C@H](C(=O)N[C@H](C(=O)N(C)[C@H](/C=C(\C)C(=O)O)C(C)C)C(C)C)C(C)(C)c1cccc(NC(=O)OCc2ccc(O[C@@H]3O[C@H](C(=O)O)[C@@H](O)[C@H](O)[C@H]3O)c(CNC(=O)CCNC(=O)[C@H](CNC(=O)CCOCCOCCOCCOCCOCCOCCOCCOCCOCCOCCOCCOC)NC(=O)CCCCCON=C(C)C)c2)c1. The molecule has 0 unspecified atom stereocenters. The van der Waals surface area contributed by atoms with Crippen molar-refractivity contribution in [1.29, 1.82) is 0 Å². The van der Waals surface area contributed by atoms with Gasteiger partial charge < -0.3 is 138 Å². The van der Waals surface area contributed by atoms with E-state index >= 15 is 0 Å². The number of unbranched alkanes of at least 4 members (excludes halogenated alkanes) is 2. The molecular weight excluding hydrogens is 1590 g/mol. The summed E-state index contributed by atoms with van der Waals surface area (Å²) in [5.41, 5.74) is 1.18. The van der Waals surface area contributed by atoms with Crippen molar-refractivity contribution in [1.82, 2.24) is 36.8 Å². The van der Waals surface area contributed by atoms with Gasteiger partial charge in [0.15, 0.2) is 6.10 Å². The largest absolute Gasteiger partial charge is 0.479 e. The molecule has 12 N–H and O–H groups in total. The summed E-state index contributed by atoms with van der Waals surface area (Å²) >= 11 is 0. The third-order valence-corrected chi connectivity index (χ3v) is 18.4. The predicted octanol–water partition coefficient (Wildman–Crippen LogP) is 2.14. The van der Waals surface area contributed by atoms with Crippen LogP contribution >= 0.6 is 0 Å². The lowest BCUT2D eigenvalue weighted by Crippen LogP contribution is -2.61. The number of likely N-dealkylation sites (N-methyl/N-ethyl adjacent to an activating group) is 2. The lowest BCUT2D eigenvalue weighted by atomic mass is 9.77. The maximum atomic E-state index is 14.2. The highest BCUT2D eigenvalue weighted by molar-refractivity contribution is 5.92. The number of anilines is 1. The van der Waals surface area contributed by atoms with E-state index in [-0.39, 0.29) is 99.7 Å². The van der Waals surface area contributed by atoms with Crippen LogP contribution in [0.3, 0.4) is 0 Å². The average Bonchev–Trinajstić information content (AvgIpc) is 0.800. The number of benzene rings is 2. The van der Waals surface area contributed by atoms with Crippen LogP contribution in [0.1, 0.15) is 118 Å². The fourth-order valence-corrected chi connectivity index (χ4v) is 11.6. The van der Waals surface area contributed by atoms with Gasteiger partial charge in [0.05, 0.1) is 170 Å². The molecule has 2 aromatic rings. The second-order valence-corrected chi connectivity index (χ2v) is 29.5. The highest BCUT2D eigenvalue weighted by atomic mass is 16.7. The Kier molecular flexibility index (Phi) is 55.6. The first-order valence-electron chi connectivity index (χ1n) is 40.9. The van der Waals surface area contributed by atoms with E-state index in [9.17, 15) is 68.7 Å². The van der Waals surface area contributed by atoms with Crippen LogP contribution in [-0.2, 0) is 128 Å². The number of ether oxygens (including phenoxy) is 15. The van der Waals surface area contributed by atoms with Gasteiger partial charge in [0.2, 0.25) is 41.7 Å². The number of carboxylic acids is 2. The summed E-state index contributed by atoms with van der Waals surface area (Å²) in [4.78, 5) is 126. The Bertz CT molecular complexity index is 3390. The number of carbonyl (C=O) groups excluding carboxylic acids is 7. The molecule has 1 aliphatic heterocycles. The Morgan fingerprint density at radius 3 is 1.60 bits per heavy atom. The number of aliphatic carboxylic acids is 2. The molecular formula is C82H135N9O30. The monoisotopic (exact) mass is 1730 g/mol. The zero-order valence-corrected chi connectivity index (χ0v) is 72.3. The Hall–Kier alpha value is -8.20. The standard InChI is InChI=1S/C82H135N9O30/c1-55(2)64(49-58(7)78(101)102)91(11)77(100)69(56(3)4)89-76(99)74(83-10)82(8,9)61-17-16-18-62(51-61)87-81(105)118-54-59-20-21-65(120-80-72(97)70(95)71(96)73(121-80)79(103)104)60(50-59)52-85-66(92)22-24-84-75(98)63(88-68(94)19-14-13-15-25-119-90-57(5)6)53-86-67(93)23-26-107-29-30-109-33-34-111-37-38-113-41-42-115-45-46-117-48-47-116-44-43-114-40-39-112-36-35-110-32-31-108-28-27-106-12/h16-18,20-21,49-51,55-56,63-64,69-74,80,83,95-97H,13-15,19,22-48,52-54H2,1-12H3,(H,84,98)(H,85,92)(H,86,93)(H,87,105)(H,88,94)(H,89,99)(H,101,102)(H,103,104)/b58-49+/t63-,64+,69-,70-,71-,72+,73-,74+,80+/m0/s1. The minimum absolute atomic E-state index is 0.0190. The number of aliphatic hydroxyl groups is 3. The smallest absolute Gasteiger partial charge is 0.411 e. The van der Waals surface area contributed by atoms with Crippen LogP contribution in [0.5, 0.6) is 5.75 Å². The molecule has 39 nitrogen and oxygen atoms in total. The van der Waals surface area contributed by atoms with E-state index in [1.54, 1.807) is 87.0 Å². The summed E-state index contributed by atoms with van der Waals surface area (Å²) in [5.74, 6) is -6.63. The number of nitrogens with one attached hydrogen (secondary N) is 7. The van der Waals surface area contributed by atoms with Gasteiger partial charge in [0.25, 0.3) is 0 Å². The average molecular weight is 1730 g/mol. The van der Waals surface area contributed by atoms with E-state index in [1.165, 1.54) is 36.1 Å². The minimum Gasteiger partial charge on any atom is -0.479 e. The second kappa shape index (κ2) is 62.8. The van der Waals surface area contributed by atoms with E-state index in [1.807, 2.05) is 13.8 Å². The van der Waals surface area contributed by atoms with Crippen LogP contribution in [0.25, 0.3) is 0 Å². The summed E-state index contributed by atoms with van der Waals surface area (Å²) < 4.78 is 82.3. The Balaban J connectivity index is 1.51. The Morgan fingerprint density at radius 1 is 0.579 bits per heavy atom. The van der Waals surface area contributed by atoms with E-state index < -0.39 is 114 Å². The van der Waals surface area contributed by atoms with Crippen molar-refractivity contribution in [2.75, 3.05) is 198 Å². The summed E-state index contributed by atoms with van der Waals surface area (Å²) in [7, 11) is 4.79. The molecule has 2 aromatic carbocycles. The Labute approximate surface area is 709 Å². The first-order chi connectivity index (χ1) is 57.9. The molecule has 1 saturated heterocycles. The van der Waals surface area contributed by atoms with Gasteiger partial charge in [-0.25, -0.2) is 14.4 Å². The fraction of sp³-hybridized carbons (Fsp3) is 0.707. The lowest BCUT2D eigenvalue weighted by molar-refractivity contribution is -0.271. The summed E-state index contributed by atoms with van der Waals surface area (Å²) in [5, 5.41) is 74.4. The zero-order chi connectivity index (χ0) is 89.3. The number of hydrogen-bond acceptors (Lipinski definition) is 30. The van der Waals surface area contributed by atoms with Gasteiger partial charge >= 0.3 is 18.0 Å². The number of hydrogen-bond donors (Lipinski definition) is 12.